The van der Waals surface area contributed by atoms with Gasteiger partial charge in [-0.15, -0.1) is 11.3 Å². The monoisotopic (exact) mass is 341 g/mol. The number of fused-ring (bicyclic) bond motifs is 1. The maximum atomic E-state index is 12.5. The van der Waals surface area contributed by atoms with Gasteiger partial charge in [-0.05, 0) is 43.9 Å². The summed E-state index contributed by atoms with van der Waals surface area (Å²) in [7, 11) is 0. The minimum Gasteiger partial charge on any atom is -0.352 e. The van der Waals surface area contributed by atoms with E-state index < -0.39 is 0 Å². The zero-order valence-electron chi connectivity index (χ0n) is 13.3. The Morgan fingerprint density at radius 2 is 2.08 bits per heavy atom. The average molecular weight is 341 g/mol. The summed E-state index contributed by atoms with van der Waals surface area (Å²) < 4.78 is 1.10. The number of hydrogen-bond donors (Lipinski definition) is 1. The van der Waals surface area contributed by atoms with Crippen molar-refractivity contribution in [3.05, 3.63) is 35.3 Å². The smallest absolute Gasteiger partial charge is 0.247 e. The van der Waals surface area contributed by atoms with Crippen LogP contribution in [0.4, 0.5) is 0 Å². The van der Waals surface area contributed by atoms with E-state index in [2.05, 4.69) is 10.3 Å². The molecule has 124 valence electrons. The highest BCUT2D eigenvalue weighted by Crippen LogP contribution is 2.24. The quantitative estimate of drug-likeness (QED) is 0.870. The molecule has 4 rings (SSSR count). The van der Waals surface area contributed by atoms with Crippen molar-refractivity contribution in [1.29, 1.82) is 0 Å². The molecule has 5 nitrogen and oxygen atoms in total. The van der Waals surface area contributed by atoms with Crippen LogP contribution in [0.5, 0.6) is 0 Å². The van der Waals surface area contributed by atoms with E-state index in [9.17, 15) is 9.59 Å². The van der Waals surface area contributed by atoms with Crippen LogP contribution in [0.3, 0.4) is 0 Å². The number of thiazole rings is 1. The number of rotatable bonds is 4. The highest BCUT2D eigenvalue weighted by molar-refractivity contribution is 7.19. The summed E-state index contributed by atoms with van der Waals surface area (Å²) in [6, 6.07) is 7.92. The van der Waals surface area contributed by atoms with Crippen molar-refractivity contribution in [3.63, 3.8) is 0 Å². The van der Waals surface area contributed by atoms with Gasteiger partial charge in [0.2, 0.25) is 11.8 Å². The van der Waals surface area contributed by atoms with Gasteiger partial charge in [0.1, 0.15) is 11.0 Å². The molecule has 1 aromatic heterocycles. The SMILES string of the molecule is O=C(NC1CC1)C1CCCN1C(=O)C=Cc1nc2ccccc2s1. The second kappa shape index (κ2) is 6.36. The highest BCUT2D eigenvalue weighted by atomic mass is 32.1. The largest absolute Gasteiger partial charge is 0.352 e. The Kier molecular flexibility index (Phi) is 4.06. The van der Waals surface area contributed by atoms with Gasteiger partial charge in [-0.2, -0.15) is 0 Å². The van der Waals surface area contributed by atoms with Crippen LogP contribution in [0.25, 0.3) is 16.3 Å². The Balaban J connectivity index is 1.44. The van der Waals surface area contributed by atoms with E-state index in [1.54, 1.807) is 28.4 Å². The van der Waals surface area contributed by atoms with Gasteiger partial charge in [-0.25, -0.2) is 4.98 Å². The molecule has 2 aromatic rings. The summed E-state index contributed by atoms with van der Waals surface area (Å²) >= 11 is 1.56. The van der Waals surface area contributed by atoms with Crippen LogP contribution < -0.4 is 5.32 Å². The number of aromatic nitrogens is 1. The van der Waals surface area contributed by atoms with Gasteiger partial charge in [0.05, 0.1) is 10.2 Å². The van der Waals surface area contributed by atoms with Crippen LogP contribution in [0.15, 0.2) is 30.3 Å². The molecule has 1 saturated carbocycles. The summed E-state index contributed by atoms with van der Waals surface area (Å²) in [6.07, 6.45) is 7.04. The second-order valence-electron chi connectivity index (χ2n) is 6.33. The topological polar surface area (TPSA) is 62.3 Å². The van der Waals surface area contributed by atoms with Crippen LogP contribution in [-0.2, 0) is 9.59 Å². The van der Waals surface area contributed by atoms with E-state index in [1.165, 1.54) is 0 Å². The third kappa shape index (κ3) is 3.19. The lowest BCUT2D eigenvalue weighted by molar-refractivity contribution is -0.135. The summed E-state index contributed by atoms with van der Waals surface area (Å²) in [6.45, 7) is 0.645. The van der Waals surface area contributed by atoms with Gasteiger partial charge in [-0.1, -0.05) is 12.1 Å². The van der Waals surface area contributed by atoms with Crippen LogP contribution in [0, 0.1) is 0 Å². The van der Waals surface area contributed by atoms with Crippen molar-refractivity contribution in [2.24, 2.45) is 0 Å². The van der Waals surface area contributed by atoms with Crippen LogP contribution in [-0.4, -0.2) is 40.3 Å². The molecule has 1 N–H and O–H groups in total. The van der Waals surface area contributed by atoms with Gasteiger partial charge >= 0.3 is 0 Å². The van der Waals surface area contributed by atoms with Crippen LogP contribution in [0.1, 0.15) is 30.7 Å². The number of likely N-dealkylation sites (tertiary alicyclic amines) is 1. The minimum absolute atomic E-state index is 0.00302. The standard InChI is InChI=1S/C18H19N3O2S/c22-17(10-9-16-20-13-4-1-2-6-15(13)24-16)21-11-3-5-14(21)18(23)19-12-7-8-12/h1-2,4,6,9-10,12,14H,3,5,7-8,11H2,(H,19,23). The lowest BCUT2D eigenvalue weighted by atomic mass is 10.2. The van der Waals surface area contributed by atoms with Gasteiger partial charge in [0, 0.05) is 18.7 Å². The maximum absolute atomic E-state index is 12.5. The fourth-order valence-electron chi connectivity index (χ4n) is 3.03. The summed E-state index contributed by atoms with van der Waals surface area (Å²) in [4.78, 5) is 30.9. The third-order valence-electron chi connectivity index (χ3n) is 4.44. The second-order valence-corrected chi connectivity index (χ2v) is 7.39. The van der Waals surface area contributed by atoms with E-state index in [0.717, 1.165) is 40.9 Å². The zero-order valence-corrected chi connectivity index (χ0v) is 14.1. The fourth-order valence-corrected chi connectivity index (χ4v) is 3.90. The van der Waals surface area contributed by atoms with Crippen molar-refractivity contribution >= 4 is 39.4 Å². The van der Waals surface area contributed by atoms with Gasteiger partial charge in [0.15, 0.2) is 0 Å². The molecule has 0 radical (unpaired) electrons. The van der Waals surface area contributed by atoms with E-state index in [1.807, 2.05) is 24.3 Å². The Morgan fingerprint density at radius 3 is 2.88 bits per heavy atom. The Morgan fingerprint density at radius 1 is 1.25 bits per heavy atom. The number of amides is 2. The first kappa shape index (κ1) is 15.3. The van der Waals surface area contributed by atoms with Crippen LogP contribution >= 0.6 is 11.3 Å². The molecule has 1 saturated heterocycles. The summed E-state index contributed by atoms with van der Waals surface area (Å²) in [5, 5.41) is 3.81. The molecule has 1 aromatic carbocycles. The van der Waals surface area contributed by atoms with Gasteiger partial charge in [0.25, 0.3) is 0 Å². The first-order valence-electron chi connectivity index (χ1n) is 8.35. The number of carbonyl (C=O) groups excluding carboxylic acids is 2. The Bertz CT molecular complexity index is 776. The Hall–Kier alpha value is -2.21. The maximum Gasteiger partial charge on any atom is 0.247 e. The number of benzene rings is 1. The molecule has 2 amide bonds. The summed E-state index contributed by atoms with van der Waals surface area (Å²) in [5.41, 5.74) is 0.942. The highest BCUT2D eigenvalue weighted by Gasteiger charge is 2.35. The number of para-hydroxylation sites is 1. The summed E-state index contributed by atoms with van der Waals surface area (Å²) in [5.74, 6) is -0.112. The van der Waals surface area contributed by atoms with Gasteiger partial charge < -0.3 is 10.2 Å². The van der Waals surface area contributed by atoms with Crippen molar-refractivity contribution in [1.82, 2.24) is 15.2 Å². The minimum atomic E-state index is -0.321. The van der Waals surface area contributed by atoms with Gasteiger partial charge in [-0.3, -0.25) is 9.59 Å². The fraction of sp³-hybridized carbons (Fsp3) is 0.389. The normalized spacial score (nSPS) is 20.8. The molecule has 2 aliphatic rings. The number of nitrogens with zero attached hydrogens (tertiary/aromatic N) is 2. The molecule has 6 heteroatoms. The molecule has 24 heavy (non-hydrogen) atoms. The molecule has 1 atom stereocenters. The molecule has 2 heterocycles. The number of nitrogens with one attached hydrogen (secondary N) is 1. The molecule has 0 bridgehead atoms. The average Bonchev–Trinajstić information content (AvgIpc) is 3.12. The molecular weight excluding hydrogens is 322 g/mol. The third-order valence-corrected chi connectivity index (χ3v) is 5.44. The molecular formula is C18H19N3O2S. The predicted octanol–water partition coefficient (Wildman–Crippen LogP) is 2.58. The number of hydrogen-bond acceptors (Lipinski definition) is 4. The van der Waals surface area contributed by atoms with Crippen molar-refractivity contribution in [2.75, 3.05) is 6.54 Å². The molecule has 1 aliphatic carbocycles. The molecule has 0 spiro atoms. The van der Waals surface area contributed by atoms with Crippen molar-refractivity contribution in [2.45, 2.75) is 37.8 Å². The predicted molar refractivity (Wildman–Crippen MR) is 94.6 cm³/mol. The van der Waals surface area contributed by atoms with E-state index in [4.69, 9.17) is 0 Å². The Labute approximate surface area is 144 Å². The molecule has 1 unspecified atom stereocenters. The van der Waals surface area contributed by atoms with Crippen molar-refractivity contribution < 1.29 is 9.59 Å². The number of carbonyl (C=O) groups is 2. The van der Waals surface area contributed by atoms with E-state index in [0.29, 0.717) is 12.6 Å². The first-order valence-corrected chi connectivity index (χ1v) is 9.17. The molecule has 1 aliphatic heterocycles. The lowest BCUT2D eigenvalue weighted by Crippen LogP contribution is -2.46. The first-order chi connectivity index (χ1) is 11.7. The van der Waals surface area contributed by atoms with E-state index in [-0.39, 0.29) is 17.9 Å². The molecule has 2 fully saturated rings. The van der Waals surface area contributed by atoms with Crippen LogP contribution in [0.2, 0.25) is 0 Å². The zero-order chi connectivity index (χ0) is 16.5. The lowest BCUT2D eigenvalue weighted by Gasteiger charge is -2.22. The van der Waals surface area contributed by atoms with E-state index >= 15 is 0 Å². The van der Waals surface area contributed by atoms with Crippen molar-refractivity contribution in [3.8, 4) is 0 Å².